The van der Waals surface area contributed by atoms with Gasteiger partial charge in [0.15, 0.2) is 0 Å². The second-order valence-electron chi connectivity index (χ2n) is 5.46. The molecule has 124 valence electrons. The zero-order chi connectivity index (χ0) is 16.5. The number of hydrogen-bond donors (Lipinski definition) is 1. The van der Waals surface area contributed by atoms with Crippen molar-refractivity contribution in [3.05, 3.63) is 35.4 Å². The minimum Gasteiger partial charge on any atom is -0.462 e. The highest BCUT2D eigenvalue weighted by Crippen LogP contribution is 2.39. The van der Waals surface area contributed by atoms with E-state index in [9.17, 15) is 14.9 Å². The molecule has 1 fully saturated rings. The topological polar surface area (TPSA) is 78.7 Å². The lowest BCUT2D eigenvalue weighted by Crippen LogP contribution is -2.30. The quantitative estimate of drug-likeness (QED) is 0.127. The predicted molar refractivity (Wildman–Crippen MR) is 86.1 cm³/mol. The van der Waals surface area contributed by atoms with Gasteiger partial charge in [0.25, 0.3) is 0 Å². The first-order chi connectivity index (χ1) is 10.5. The van der Waals surface area contributed by atoms with Crippen LogP contribution in [0.25, 0.3) is 0 Å². The van der Waals surface area contributed by atoms with Crippen LogP contribution in [-0.2, 0) is 13.7 Å². The third-order valence-corrected chi connectivity index (χ3v) is 4.25. The molecule has 0 aromatic rings. The van der Waals surface area contributed by atoms with Gasteiger partial charge in [0.1, 0.15) is 6.10 Å². The smallest absolute Gasteiger partial charge is 0.306 e. The van der Waals surface area contributed by atoms with Gasteiger partial charge in [-0.3, -0.25) is 14.9 Å². The summed E-state index contributed by atoms with van der Waals surface area (Å²) in [6, 6.07) is 0. The largest absolute Gasteiger partial charge is 0.462 e. The highest BCUT2D eigenvalue weighted by atomic mass is 32.1. The summed E-state index contributed by atoms with van der Waals surface area (Å²) >= 11 is 3.81. The maximum absolute atomic E-state index is 11.9. The van der Waals surface area contributed by atoms with Crippen molar-refractivity contribution in [1.82, 2.24) is 0 Å². The molecule has 0 saturated heterocycles. The van der Waals surface area contributed by atoms with Gasteiger partial charge in [-0.05, 0) is 32.2 Å². The highest BCUT2D eigenvalue weighted by Gasteiger charge is 2.47. The van der Waals surface area contributed by atoms with E-state index in [0.29, 0.717) is 25.7 Å². The summed E-state index contributed by atoms with van der Waals surface area (Å²) in [6.45, 7) is 7.06. The number of carbonyl (C=O) groups excluding carboxylic acids is 1. The van der Waals surface area contributed by atoms with Crippen LogP contribution >= 0.6 is 12.9 Å². The molecule has 0 radical (unpaired) electrons. The van der Waals surface area contributed by atoms with Crippen LogP contribution in [0.3, 0.4) is 0 Å². The fourth-order valence-electron chi connectivity index (χ4n) is 2.95. The summed E-state index contributed by atoms with van der Waals surface area (Å²) in [5.41, 5.74) is 0. The van der Waals surface area contributed by atoms with Gasteiger partial charge in [-0.2, -0.15) is 0 Å². The average Bonchev–Trinajstić information content (AvgIpc) is 2.77. The molecule has 22 heavy (non-hydrogen) atoms. The second kappa shape index (κ2) is 9.63. The Morgan fingerprint density at radius 2 is 2.05 bits per heavy atom. The molecule has 0 N–H and O–H groups in total. The molecule has 0 bridgehead atoms. The Balaban J connectivity index is 2.70. The van der Waals surface area contributed by atoms with Crippen LogP contribution in [0.4, 0.5) is 0 Å². The average molecular weight is 329 g/mol. The molecule has 1 rings (SSSR count). The minimum atomic E-state index is -0.398. The van der Waals surface area contributed by atoms with E-state index in [4.69, 9.17) is 8.92 Å². The number of carbonyl (C=O) groups is 1. The van der Waals surface area contributed by atoms with Gasteiger partial charge in [-0.15, -0.1) is 13.2 Å². The number of allylic oxidation sites excluding steroid dienone is 2. The summed E-state index contributed by atoms with van der Waals surface area (Å²) in [6.07, 6.45) is 5.37. The van der Waals surface area contributed by atoms with Crippen molar-refractivity contribution < 1.29 is 18.6 Å². The van der Waals surface area contributed by atoms with Gasteiger partial charge >= 0.3 is 5.97 Å². The Bertz CT molecular complexity index is 415. The van der Waals surface area contributed by atoms with E-state index in [2.05, 4.69) is 26.1 Å². The molecule has 0 aromatic heterocycles. The number of hydrogen-bond acceptors (Lipinski definition) is 6. The van der Waals surface area contributed by atoms with Crippen molar-refractivity contribution in [3.8, 4) is 0 Å². The van der Waals surface area contributed by atoms with E-state index in [-0.39, 0.29) is 29.3 Å². The third-order valence-electron chi connectivity index (χ3n) is 3.98. The zero-order valence-corrected chi connectivity index (χ0v) is 13.5. The molecule has 7 heteroatoms. The van der Waals surface area contributed by atoms with Crippen molar-refractivity contribution in [2.24, 2.45) is 11.8 Å². The standard InChI is InChI=1S/C15H23NO5S/c1-3-5-6-8-15(17)20-13-9-14(21-22)12(10-16(18)19)11(13)7-4-2/h3-4,11-14,22H,1-2,5-10H2/t11-,12-,13+,14-/m1/s1. The third kappa shape index (κ3) is 5.46. The lowest BCUT2D eigenvalue weighted by molar-refractivity contribution is -0.491. The molecule has 0 unspecified atom stereocenters. The van der Waals surface area contributed by atoms with Gasteiger partial charge in [0.2, 0.25) is 6.54 Å². The molecule has 0 aliphatic heterocycles. The molecule has 4 atom stereocenters. The summed E-state index contributed by atoms with van der Waals surface area (Å²) in [5.74, 6) is -0.791. The van der Waals surface area contributed by atoms with Crippen molar-refractivity contribution in [2.45, 2.75) is 44.3 Å². The second-order valence-corrected chi connectivity index (χ2v) is 5.67. The Labute approximate surface area is 136 Å². The predicted octanol–water partition coefficient (Wildman–Crippen LogP) is 2.97. The summed E-state index contributed by atoms with van der Waals surface area (Å²) in [7, 11) is 0. The summed E-state index contributed by atoms with van der Waals surface area (Å²) < 4.78 is 10.6. The monoisotopic (exact) mass is 329 g/mol. The number of nitrogens with zero attached hydrogens (tertiary/aromatic N) is 1. The van der Waals surface area contributed by atoms with Crippen LogP contribution in [0.1, 0.15) is 32.1 Å². The normalized spacial score (nSPS) is 27.3. The number of thiol groups is 1. The molecule has 1 saturated carbocycles. The van der Waals surface area contributed by atoms with E-state index in [1.165, 1.54) is 0 Å². The van der Waals surface area contributed by atoms with Gasteiger partial charge in [0.05, 0.1) is 12.0 Å². The fraction of sp³-hybridized carbons (Fsp3) is 0.667. The molecule has 6 nitrogen and oxygen atoms in total. The Hall–Kier alpha value is -1.34. The van der Waals surface area contributed by atoms with Gasteiger partial charge < -0.3 is 8.92 Å². The number of nitro groups is 1. The maximum atomic E-state index is 11.9. The van der Waals surface area contributed by atoms with E-state index in [1.807, 2.05) is 0 Å². The number of rotatable bonds is 10. The van der Waals surface area contributed by atoms with Crippen molar-refractivity contribution in [1.29, 1.82) is 0 Å². The Morgan fingerprint density at radius 3 is 2.59 bits per heavy atom. The van der Waals surface area contributed by atoms with Crippen LogP contribution in [0, 0.1) is 22.0 Å². The first-order valence-electron chi connectivity index (χ1n) is 7.36. The first kappa shape index (κ1) is 18.7. The summed E-state index contributed by atoms with van der Waals surface area (Å²) in [5, 5.41) is 10.9. The lowest BCUT2D eigenvalue weighted by Gasteiger charge is -2.22. The molecule has 0 amide bonds. The van der Waals surface area contributed by atoms with Crippen LogP contribution < -0.4 is 0 Å². The first-order valence-corrected chi connectivity index (χ1v) is 7.73. The molecule has 0 heterocycles. The number of unbranched alkanes of at least 4 members (excludes halogenated alkanes) is 1. The van der Waals surface area contributed by atoms with Gasteiger partial charge in [-0.1, -0.05) is 12.2 Å². The van der Waals surface area contributed by atoms with Crippen LogP contribution in [0.15, 0.2) is 25.3 Å². The van der Waals surface area contributed by atoms with Crippen molar-refractivity contribution in [2.75, 3.05) is 6.54 Å². The van der Waals surface area contributed by atoms with Gasteiger partial charge in [0, 0.05) is 23.7 Å². The van der Waals surface area contributed by atoms with E-state index in [1.54, 1.807) is 12.2 Å². The van der Waals surface area contributed by atoms with Crippen molar-refractivity contribution in [3.63, 3.8) is 0 Å². The SMILES string of the molecule is C=CCCCC(=O)O[C@H]1C[C@@H](OS)[C@H](C[N+](=O)[O-])[C@H]1CC=C. The molecule has 0 spiro atoms. The highest BCUT2D eigenvalue weighted by molar-refractivity contribution is 7.75. The molecule has 1 aliphatic rings. The molecular formula is C15H23NO5S. The van der Waals surface area contributed by atoms with Crippen LogP contribution in [0.5, 0.6) is 0 Å². The minimum absolute atomic E-state index is 0.164. The zero-order valence-electron chi connectivity index (χ0n) is 12.6. The molecule has 0 aromatic carbocycles. The van der Waals surface area contributed by atoms with E-state index in [0.717, 1.165) is 6.42 Å². The van der Waals surface area contributed by atoms with Gasteiger partial charge in [-0.25, -0.2) is 0 Å². The van der Waals surface area contributed by atoms with Crippen LogP contribution in [0.2, 0.25) is 0 Å². The Kier molecular flexibility index (Phi) is 8.19. The van der Waals surface area contributed by atoms with Crippen molar-refractivity contribution >= 4 is 18.9 Å². The molecule has 1 aliphatic carbocycles. The van der Waals surface area contributed by atoms with E-state index < -0.39 is 12.2 Å². The maximum Gasteiger partial charge on any atom is 0.306 e. The van der Waals surface area contributed by atoms with Crippen LogP contribution in [-0.4, -0.2) is 29.6 Å². The number of ether oxygens (including phenoxy) is 1. The lowest BCUT2D eigenvalue weighted by atomic mass is 9.90. The fourth-order valence-corrected chi connectivity index (χ4v) is 3.19. The summed E-state index contributed by atoms with van der Waals surface area (Å²) in [4.78, 5) is 22.4. The Morgan fingerprint density at radius 1 is 1.32 bits per heavy atom. The van der Waals surface area contributed by atoms with E-state index >= 15 is 0 Å². The number of esters is 1. The molecular weight excluding hydrogens is 306 g/mol.